The van der Waals surface area contributed by atoms with Gasteiger partial charge in [0, 0.05) is 55.5 Å². The summed E-state index contributed by atoms with van der Waals surface area (Å²) in [4.78, 5) is 35.0. The maximum absolute atomic E-state index is 14.1. The third kappa shape index (κ3) is 6.24. The predicted molar refractivity (Wildman–Crippen MR) is 178 cm³/mol. The van der Waals surface area contributed by atoms with Crippen LogP contribution in [-0.4, -0.2) is 85.7 Å². The molecule has 3 aliphatic carbocycles. The Morgan fingerprint density at radius 3 is 2.52 bits per heavy atom. The number of para-hydroxylation sites is 1. The summed E-state index contributed by atoms with van der Waals surface area (Å²) < 4.78 is 6.26. The van der Waals surface area contributed by atoms with E-state index in [2.05, 4.69) is 31.4 Å². The van der Waals surface area contributed by atoms with Gasteiger partial charge in [-0.05, 0) is 73.6 Å². The number of aliphatic hydroxyl groups excluding tert-OH is 2. The molecule has 6 rings (SSSR count). The molecule has 0 spiro atoms. The number of fused-ring (bicyclic) bond motifs is 2. The summed E-state index contributed by atoms with van der Waals surface area (Å²) in [5, 5.41) is 28.8. The SMILES string of the molecule is CCOc1c(CN2O[C@@H](CO)[C@H]([C@H](C)O)[C@H]2C(=O)N[C@H]2C[C@H]3C[C@@H]([C@@H]2C)C3(C)C)cccc1-c1cc(C(=O)NC)cc(N(C)C)c1. The minimum Gasteiger partial charge on any atom is -0.493 e. The van der Waals surface area contributed by atoms with Gasteiger partial charge in [0.1, 0.15) is 17.9 Å². The number of amides is 2. The predicted octanol–water partition coefficient (Wildman–Crippen LogP) is 3.84. The van der Waals surface area contributed by atoms with Crippen LogP contribution in [0.5, 0.6) is 5.75 Å². The van der Waals surface area contributed by atoms with Gasteiger partial charge in [0.15, 0.2) is 0 Å². The van der Waals surface area contributed by atoms with Crippen LogP contribution in [0.4, 0.5) is 5.69 Å². The van der Waals surface area contributed by atoms with Crippen molar-refractivity contribution in [1.82, 2.24) is 15.7 Å². The largest absolute Gasteiger partial charge is 0.493 e. The van der Waals surface area contributed by atoms with Crippen LogP contribution in [0.2, 0.25) is 0 Å². The van der Waals surface area contributed by atoms with Crippen molar-refractivity contribution in [3.05, 3.63) is 47.5 Å². The van der Waals surface area contributed by atoms with Crippen molar-refractivity contribution in [2.24, 2.45) is 29.1 Å². The molecular formula is C36H52N4O6. The van der Waals surface area contributed by atoms with Crippen LogP contribution in [0.1, 0.15) is 63.4 Å². The van der Waals surface area contributed by atoms with Gasteiger partial charge in [-0.15, -0.1) is 0 Å². The van der Waals surface area contributed by atoms with Gasteiger partial charge in [-0.2, -0.15) is 5.06 Å². The second kappa shape index (κ2) is 13.5. The van der Waals surface area contributed by atoms with E-state index in [1.165, 1.54) is 6.42 Å². The van der Waals surface area contributed by atoms with Crippen LogP contribution in [0, 0.1) is 29.1 Å². The lowest BCUT2D eigenvalue weighted by molar-refractivity contribution is -0.183. The van der Waals surface area contributed by atoms with Crippen LogP contribution in [0.15, 0.2) is 36.4 Å². The van der Waals surface area contributed by atoms with Gasteiger partial charge < -0.3 is 30.5 Å². The zero-order valence-corrected chi connectivity index (χ0v) is 28.5. The third-order valence-electron chi connectivity index (χ3n) is 11.0. The van der Waals surface area contributed by atoms with E-state index in [0.29, 0.717) is 41.1 Å². The van der Waals surface area contributed by atoms with Gasteiger partial charge in [0.2, 0.25) is 5.91 Å². The van der Waals surface area contributed by atoms with Crippen LogP contribution in [0.25, 0.3) is 11.1 Å². The topological polar surface area (TPSA) is 124 Å². The monoisotopic (exact) mass is 636 g/mol. The van der Waals surface area contributed by atoms with Gasteiger partial charge in [0.25, 0.3) is 5.91 Å². The summed E-state index contributed by atoms with van der Waals surface area (Å²) in [5.41, 5.74) is 4.09. The lowest BCUT2D eigenvalue weighted by atomic mass is 9.45. The van der Waals surface area contributed by atoms with E-state index in [1.807, 2.05) is 62.3 Å². The summed E-state index contributed by atoms with van der Waals surface area (Å²) >= 11 is 0. The average Bonchev–Trinajstić information content (AvgIpc) is 3.40. The number of hydrogen-bond acceptors (Lipinski definition) is 8. The number of anilines is 1. The molecular weight excluding hydrogens is 584 g/mol. The Bertz CT molecular complexity index is 1430. The molecule has 3 saturated carbocycles. The maximum Gasteiger partial charge on any atom is 0.251 e. The summed E-state index contributed by atoms with van der Waals surface area (Å²) in [6, 6.07) is 10.8. The fourth-order valence-electron chi connectivity index (χ4n) is 8.20. The van der Waals surface area contributed by atoms with Crippen LogP contribution >= 0.6 is 0 Å². The first-order valence-electron chi connectivity index (χ1n) is 16.6. The lowest BCUT2D eigenvalue weighted by Crippen LogP contribution is -2.62. The minimum absolute atomic E-state index is 0.0507. The molecule has 4 fully saturated rings. The first-order chi connectivity index (χ1) is 21.8. The number of hydrogen-bond donors (Lipinski definition) is 4. The van der Waals surface area contributed by atoms with Crippen molar-refractivity contribution in [2.45, 2.75) is 78.3 Å². The molecule has 46 heavy (non-hydrogen) atoms. The lowest BCUT2D eigenvalue weighted by Gasteiger charge is -2.62. The van der Waals surface area contributed by atoms with Crippen molar-refractivity contribution < 1.29 is 29.4 Å². The molecule has 4 aliphatic rings. The Kier molecular flexibility index (Phi) is 10.0. The Hall–Kier alpha value is -3.18. The summed E-state index contributed by atoms with van der Waals surface area (Å²) in [6.07, 6.45) is 0.523. The quantitative estimate of drug-likeness (QED) is 0.294. The number of ether oxygens (including phenoxy) is 1. The fraction of sp³-hybridized carbons (Fsp3) is 0.611. The Balaban J connectivity index is 1.48. The van der Waals surface area contributed by atoms with Gasteiger partial charge in [-0.25, -0.2) is 0 Å². The number of carbonyl (C=O) groups is 2. The summed E-state index contributed by atoms with van der Waals surface area (Å²) in [6.45, 7) is 10.7. The number of carbonyl (C=O) groups excluding carboxylic acids is 2. The first kappa shape index (κ1) is 34.2. The van der Waals surface area contributed by atoms with Crippen molar-refractivity contribution in [2.75, 3.05) is 39.3 Å². The molecule has 252 valence electrons. The highest BCUT2D eigenvalue weighted by atomic mass is 16.7. The molecule has 2 amide bonds. The number of hydroxylamine groups is 2. The zero-order chi connectivity index (χ0) is 33.5. The number of aliphatic hydroxyl groups is 2. The number of benzene rings is 2. The van der Waals surface area contributed by atoms with E-state index in [1.54, 1.807) is 19.0 Å². The molecule has 10 heteroatoms. The van der Waals surface area contributed by atoms with Crippen LogP contribution < -0.4 is 20.3 Å². The van der Waals surface area contributed by atoms with E-state index < -0.39 is 24.2 Å². The first-order valence-corrected chi connectivity index (χ1v) is 16.6. The van der Waals surface area contributed by atoms with Gasteiger partial charge in [-0.3, -0.25) is 14.4 Å². The van der Waals surface area contributed by atoms with Gasteiger partial charge in [0.05, 0.1) is 25.9 Å². The number of rotatable bonds is 11. The fourth-order valence-corrected chi connectivity index (χ4v) is 8.20. The molecule has 1 aliphatic heterocycles. The normalized spacial score (nSPS) is 29.0. The maximum atomic E-state index is 14.1. The Morgan fingerprint density at radius 1 is 1.20 bits per heavy atom. The van der Waals surface area contributed by atoms with Crippen LogP contribution in [0.3, 0.4) is 0 Å². The second-order valence-corrected chi connectivity index (χ2v) is 14.2. The van der Waals surface area contributed by atoms with Crippen molar-refractivity contribution in [1.29, 1.82) is 0 Å². The van der Waals surface area contributed by atoms with E-state index in [4.69, 9.17) is 9.57 Å². The summed E-state index contributed by atoms with van der Waals surface area (Å²) in [5.74, 6) is 1.11. The van der Waals surface area contributed by atoms with Gasteiger partial charge >= 0.3 is 0 Å². The molecule has 0 radical (unpaired) electrons. The molecule has 10 nitrogen and oxygen atoms in total. The molecule has 2 aromatic carbocycles. The zero-order valence-electron chi connectivity index (χ0n) is 28.5. The third-order valence-corrected chi connectivity index (χ3v) is 11.0. The molecule has 2 bridgehead atoms. The van der Waals surface area contributed by atoms with E-state index in [-0.39, 0.29) is 31.0 Å². The number of nitrogens with one attached hydrogen (secondary N) is 2. The molecule has 4 N–H and O–H groups in total. The van der Waals surface area contributed by atoms with Crippen molar-refractivity contribution in [3.8, 4) is 16.9 Å². The van der Waals surface area contributed by atoms with Crippen LogP contribution in [-0.2, 0) is 16.2 Å². The smallest absolute Gasteiger partial charge is 0.251 e. The van der Waals surface area contributed by atoms with E-state index in [0.717, 1.165) is 28.8 Å². The van der Waals surface area contributed by atoms with Gasteiger partial charge in [-0.1, -0.05) is 39.0 Å². The highest BCUT2D eigenvalue weighted by Gasteiger charge is 2.57. The van der Waals surface area contributed by atoms with Crippen molar-refractivity contribution in [3.63, 3.8) is 0 Å². The molecule has 0 aromatic heterocycles. The minimum atomic E-state index is -0.886. The molecule has 2 aromatic rings. The Morgan fingerprint density at radius 2 is 1.93 bits per heavy atom. The van der Waals surface area contributed by atoms with E-state index in [9.17, 15) is 19.8 Å². The number of nitrogens with zero attached hydrogens (tertiary/aromatic N) is 2. The average molecular weight is 637 g/mol. The Labute approximate surface area is 273 Å². The highest BCUT2D eigenvalue weighted by molar-refractivity contribution is 5.97. The summed E-state index contributed by atoms with van der Waals surface area (Å²) in [7, 11) is 5.46. The van der Waals surface area contributed by atoms with E-state index >= 15 is 0 Å². The standard InChI is InChI=1S/C36H52N4O6/c1-9-45-33-22(11-10-12-27(33)23-13-24(34(43)37-6)15-26(14-23)39(7)8)18-40-32(31(21(3)42)30(19-41)46-40)35(44)38-29-17-25-16-28(20(29)2)36(25,4)5/h10-15,20-21,25,28-32,41-42H,9,16-19H2,1-8H3,(H,37,43)(H,38,44)/t20-,21-,25+,28-,29-,30-,31-,32-/m0/s1. The van der Waals surface area contributed by atoms with Crippen molar-refractivity contribution >= 4 is 17.5 Å². The second-order valence-electron chi connectivity index (χ2n) is 14.2. The molecule has 0 unspecified atom stereocenters. The molecule has 8 atom stereocenters. The molecule has 1 heterocycles. The molecule has 1 saturated heterocycles. The highest BCUT2D eigenvalue weighted by Crippen LogP contribution is 2.61.